The van der Waals surface area contributed by atoms with Crippen LogP contribution in [0.25, 0.3) is 0 Å². The second kappa shape index (κ2) is 6.20. The minimum Gasteiger partial charge on any atom is -0.381 e. The van der Waals surface area contributed by atoms with Crippen molar-refractivity contribution in [2.75, 3.05) is 31.7 Å². The smallest absolute Gasteiger partial charge is 0.185 e. The molecule has 1 aliphatic heterocycles. The van der Waals surface area contributed by atoms with Gasteiger partial charge in [-0.3, -0.25) is 0 Å². The Balaban J connectivity index is 1.48. The summed E-state index contributed by atoms with van der Waals surface area (Å²) in [6.07, 6.45) is 7.08. The van der Waals surface area contributed by atoms with E-state index in [-0.39, 0.29) is 0 Å². The highest BCUT2D eigenvalue weighted by molar-refractivity contribution is 7.15. The Hall–Kier alpha value is -0.650. The lowest BCUT2D eigenvalue weighted by Crippen LogP contribution is -2.29. The van der Waals surface area contributed by atoms with Gasteiger partial charge in [0.2, 0.25) is 0 Å². The number of nitrogens with zero attached hydrogens (tertiary/aromatic N) is 2. The number of rotatable bonds is 6. The highest BCUT2D eigenvalue weighted by Crippen LogP contribution is 2.25. The second-order valence-corrected chi connectivity index (χ2v) is 6.79. The third-order valence-electron chi connectivity index (χ3n) is 3.88. The molecule has 2 aliphatic rings. The fourth-order valence-corrected chi connectivity index (χ4v) is 3.31. The van der Waals surface area contributed by atoms with Gasteiger partial charge in [0.1, 0.15) is 0 Å². The minimum atomic E-state index is 0.760. The SMILES string of the molecule is CN(CC1CCOCC1)c1ncc(CNC2CC2)s1. The predicted molar refractivity (Wildman–Crippen MR) is 78.8 cm³/mol. The Morgan fingerprint density at radius 3 is 2.89 bits per heavy atom. The molecule has 3 rings (SSSR count). The highest BCUT2D eigenvalue weighted by Gasteiger charge is 2.21. The summed E-state index contributed by atoms with van der Waals surface area (Å²) in [7, 11) is 2.16. The van der Waals surface area contributed by atoms with Crippen LogP contribution in [0.2, 0.25) is 0 Å². The second-order valence-electron chi connectivity index (χ2n) is 5.70. The van der Waals surface area contributed by atoms with Crippen molar-refractivity contribution in [3.63, 3.8) is 0 Å². The van der Waals surface area contributed by atoms with Gasteiger partial charge in [-0.25, -0.2) is 4.98 Å². The van der Waals surface area contributed by atoms with Gasteiger partial charge in [0, 0.05) is 50.5 Å². The van der Waals surface area contributed by atoms with Crippen LogP contribution in [0, 0.1) is 5.92 Å². The number of nitrogens with one attached hydrogen (secondary N) is 1. The number of anilines is 1. The molecule has 1 aromatic heterocycles. The van der Waals surface area contributed by atoms with Gasteiger partial charge in [0.15, 0.2) is 5.13 Å². The lowest BCUT2D eigenvalue weighted by atomic mass is 10.0. The molecule has 1 aliphatic carbocycles. The van der Waals surface area contributed by atoms with E-state index < -0.39 is 0 Å². The molecule has 1 saturated carbocycles. The average Bonchev–Trinajstić information content (AvgIpc) is 3.14. The third kappa shape index (κ3) is 3.91. The maximum Gasteiger partial charge on any atom is 0.185 e. The molecule has 1 N–H and O–H groups in total. The van der Waals surface area contributed by atoms with Crippen molar-refractivity contribution in [2.45, 2.75) is 38.3 Å². The van der Waals surface area contributed by atoms with Gasteiger partial charge in [-0.1, -0.05) is 0 Å². The first kappa shape index (κ1) is 13.3. The van der Waals surface area contributed by atoms with Crippen molar-refractivity contribution in [3.05, 3.63) is 11.1 Å². The molecule has 5 heteroatoms. The van der Waals surface area contributed by atoms with E-state index >= 15 is 0 Å². The monoisotopic (exact) mass is 281 g/mol. The summed E-state index contributed by atoms with van der Waals surface area (Å²) in [6.45, 7) is 3.93. The van der Waals surface area contributed by atoms with Crippen molar-refractivity contribution in [3.8, 4) is 0 Å². The van der Waals surface area contributed by atoms with Crippen LogP contribution in [0.4, 0.5) is 5.13 Å². The zero-order chi connectivity index (χ0) is 13.1. The molecule has 2 fully saturated rings. The lowest BCUT2D eigenvalue weighted by Gasteiger charge is -2.26. The molecule has 4 nitrogen and oxygen atoms in total. The summed E-state index contributed by atoms with van der Waals surface area (Å²) >= 11 is 1.82. The van der Waals surface area contributed by atoms with Gasteiger partial charge in [0.25, 0.3) is 0 Å². The van der Waals surface area contributed by atoms with Crippen LogP contribution in [0.3, 0.4) is 0 Å². The van der Waals surface area contributed by atoms with Crippen LogP contribution in [-0.4, -0.2) is 37.8 Å². The standard InChI is InChI=1S/C14H23N3OS/c1-17(10-11-4-6-18-7-5-11)14-16-9-13(19-14)8-15-12-2-3-12/h9,11-12,15H,2-8,10H2,1H3. The van der Waals surface area contributed by atoms with Crippen molar-refractivity contribution in [1.29, 1.82) is 0 Å². The van der Waals surface area contributed by atoms with Crippen molar-refractivity contribution < 1.29 is 4.74 Å². The van der Waals surface area contributed by atoms with E-state index in [2.05, 4.69) is 22.2 Å². The van der Waals surface area contributed by atoms with Crippen molar-refractivity contribution in [2.24, 2.45) is 5.92 Å². The summed E-state index contributed by atoms with van der Waals surface area (Å²) in [5, 5.41) is 4.69. The first-order chi connectivity index (χ1) is 9.31. The van der Waals surface area contributed by atoms with E-state index in [9.17, 15) is 0 Å². The minimum absolute atomic E-state index is 0.760. The number of ether oxygens (including phenoxy) is 1. The van der Waals surface area contributed by atoms with Crippen LogP contribution in [0.5, 0.6) is 0 Å². The van der Waals surface area contributed by atoms with Gasteiger partial charge >= 0.3 is 0 Å². The zero-order valence-corrected chi connectivity index (χ0v) is 12.4. The largest absolute Gasteiger partial charge is 0.381 e. The third-order valence-corrected chi connectivity index (χ3v) is 4.99. The zero-order valence-electron chi connectivity index (χ0n) is 11.6. The molecule has 106 valence electrons. The predicted octanol–water partition coefficient (Wildman–Crippen LogP) is 2.26. The fourth-order valence-electron chi connectivity index (χ4n) is 2.48. The number of hydrogen-bond acceptors (Lipinski definition) is 5. The van der Waals surface area contributed by atoms with E-state index in [0.29, 0.717) is 0 Å². The molecule has 1 aromatic rings. The van der Waals surface area contributed by atoms with E-state index in [0.717, 1.165) is 43.4 Å². The highest BCUT2D eigenvalue weighted by atomic mass is 32.1. The quantitative estimate of drug-likeness (QED) is 0.868. The van der Waals surface area contributed by atoms with E-state index in [4.69, 9.17) is 4.74 Å². The topological polar surface area (TPSA) is 37.4 Å². The van der Waals surface area contributed by atoms with Gasteiger partial charge in [-0.05, 0) is 31.6 Å². The molecule has 0 bridgehead atoms. The van der Waals surface area contributed by atoms with E-state index in [1.165, 1.54) is 30.6 Å². The Morgan fingerprint density at radius 2 is 2.16 bits per heavy atom. The van der Waals surface area contributed by atoms with Crippen LogP contribution in [0.1, 0.15) is 30.6 Å². The molecule has 0 spiro atoms. The molecule has 0 unspecified atom stereocenters. The van der Waals surface area contributed by atoms with Crippen molar-refractivity contribution in [1.82, 2.24) is 10.3 Å². The summed E-state index contributed by atoms with van der Waals surface area (Å²) in [4.78, 5) is 8.21. The van der Waals surface area contributed by atoms with Crippen LogP contribution in [-0.2, 0) is 11.3 Å². The first-order valence-corrected chi connectivity index (χ1v) is 8.10. The molecule has 2 heterocycles. The molecule has 0 radical (unpaired) electrons. The Morgan fingerprint density at radius 1 is 1.37 bits per heavy atom. The Labute approximate surface area is 119 Å². The summed E-state index contributed by atoms with van der Waals surface area (Å²) in [6, 6.07) is 0.769. The summed E-state index contributed by atoms with van der Waals surface area (Å²) in [5.74, 6) is 0.760. The van der Waals surface area contributed by atoms with Gasteiger partial charge < -0.3 is 15.0 Å². The summed E-state index contributed by atoms with van der Waals surface area (Å²) in [5.41, 5.74) is 0. The number of hydrogen-bond donors (Lipinski definition) is 1. The first-order valence-electron chi connectivity index (χ1n) is 7.28. The molecular formula is C14H23N3OS. The van der Waals surface area contributed by atoms with Crippen molar-refractivity contribution >= 4 is 16.5 Å². The molecule has 1 saturated heterocycles. The van der Waals surface area contributed by atoms with Crippen LogP contribution < -0.4 is 10.2 Å². The normalized spacial score (nSPS) is 20.7. The van der Waals surface area contributed by atoms with Crippen LogP contribution >= 0.6 is 11.3 Å². The van der Waals surface area contributed by atoms with Gasteiger partial charge in [-0.2, -0.15) is 0 Å². The molecular weight excluding hydrogens is 258 g/mol. The number of thiazole rings is 1. The van der Waals surface area contributed by atoms with Crippen LogP contribution in [0.15, 0.2) is 6.20 Å². The average molecular weight is 281 g/mol. The maximum atomic E-state index is 5.41. The number of aromatic nitrogens is 1. The van der Waals surface area contributed by atoms with E-state index in [1.807, 2.05) is 17.5 Å². The lowest BCUT2D eigenvalue weighted by molar-refractivity contribution is 0.0685. The Bertz CT molecular complexity index is 399. The molecule has 19 heavy (non-hydrogen) atoms. The summed E-state index contributed by atoms with van der Waals surface area (Å²) < 4.78 is 5.41. The molecule has 0 atom stereocenters. The maximum absolute atomic E-state index is 5.41. The van der Waals surface area contributed by atoms with Gasteiger partial charge in [-0.15, -0.1) is 11.3 Å². The fraction of sp³-hybridized carbons (Fsp3) is 0.786. The molecule has 0 amide bonds. The Kier molecular flexibility index (Phi) is 4.35. The van der Waals surface area contributed by atoms with E-state index in [1.54, 1.807) is 0 Å². The molecule has 0 aromatic carbocycles. The van der Waals surface area contributed by atoms with Gasteiger partial charge in [0.05, 0.1) is 0 Å².